The van der Waals surface area contributed by atoms with Gasteiger partial charge in [-0.3, -0.25) is 9.88 Å². The quantitative estimate of drug-likeness (QED) is 0.925. The van der Waals surface area contributed by atoms with Crippen molar-refractivity contribution in [2.24, 2.45) is 0 Å². The zero-order valence-corrected chi connectivity index (χ0v) is 11.9. The molecule has 3 rings (SSSR count). The molecule has 1 aromatic carbocycles. The Morgan fingerprint density at radius 2 is 1.80 bits per heavy atom. The molecule has 1 saturated heterocycles. The van der Waals surface area contributed by atoms with Gasteiger partial charge in [0.1, 0.15) is 0 Å². The van der Waals surface area contributed by atoms with Gasteiger partial charge in [0.2, 0.25) is 0 Å². The molecule has 0 radical (unpaired) electrons. The number of anilines is 1. The predicted molar refractivity (Wildman–Crippen MR) is 83.3 cm³/mol. The molecule has 2 heterocycles. The summed E-state index contributed by atoms with van der Waals surface area (Å²) in [4.78, 5) is 6.92. The van der Waals surface area contributed by atoms with Crippen molar-refractivity contribution in [3.8, 4) is 11.3 Å². The SMILES string of the molecule is CC(c1ccc(-c2cc(N)ccn2)cc1)N1CCCC1. The first-order valence-electron chi connectivity index (χ1n) is 7.30. The second kappa shape index (κ2) is 5.63. The summed E-state index contributed by atoms with van der Waals surface area (Å²) in [5.41, 5.74) is 9.99. The normalized spacial score (nSPS) is 17.2. The van der Waals surface area contributed by atoms with Gasteiger partial charge in [0.15, 0.2) is 0 Å². The van der Waals surface area contributed by atoms with E-state index in [1.165, 1.54) is 31.5 Å². The van der Waals surface area contributed by atoms with E-state index < -0.39 is 0 Å². The summed E-state index contributed by atoms with van der Waals surface area (Å²) in [6, 6.07) is 12.9. The molecule has 1 fully saturated rings. The average molecular weight is 267 g/mol. The molecule has 1 aliphatic heterocycles. The van der Waals surface area contributed by atoms with Crippen molar-refractivity contribution in [1.82, 2.24) is 9.88 Å². The number of nitrogen functional groups attached to an aromatic ring is 1. The smallest absolute Gasteiger partial charge is 0.0722 e. The third-order valence-corrected chi connectivity index (χ3v) is 4.16. The molecule has 104 valence electrons. The molecule has 2 N–H and O–H groups in total. The molecule has 0 saturated carbocycles. The highest BCUT2D eigenvalue weighted by Crippen LogP contribution is 2.26. The maximum atomic E-state index is 5.81. The monoisotopic (exact) mass is 267 g/mol. The molecule has 0 bridgehead atoms. The molecule has 3 nitrogen and oxygen atoms in total. The molecule has 1 atom stereocenters. The van der Waals surface area contributed by atoms with E-state index in [-0.39, 0.29) is 0 Å². The van der Waals surface area contributed by atoms with E-state index in [9.17, 15) is 0 Å². The highest BCUT2D eigenvalue weighted by molar-refractivity contribution is 5.63. The maximum absolute atomic E-state index is 5.81. The van der Waals surface area contributed by atoms with Crippen LogP contribution in [0, 0.1) is 0 Å². The van der Waals surface area contributed by atoms with Crippen molar-refractivity contribution in [1.29, 1.82) is 0 Å². The van der Waals surface area contributed by atoms with Crippen LogP contribution >= 0.6 is 0 Å². The first-order chi connectivity index (χ1) is 9.74. The number of pyridine rings is 1. The Morgan fingerprint density at radius 1 is 1.10 bits per heavy atom. The number of benzene rings is 1. The van der Waals surface area contributed by atoms with Crippen LogP contribution in [-0.4, -0.2) is 23.0 Å². The lowest BCUT2D eigenvalue weighted by Gasteiger charge is -2.24. The van der Waals surface area contributed by atoms with E-state index in [0.717, 1.165) is 16.9 Å². The van der Waals surface area contributed by atoms with Crippen LogP contribution in [0.2, 0.25) is 0 Å². The van der Waals surface area contributed by atoms with E-state index in [1.54, 1.807) is 6.20 Å². The Bertz CT molecular complexity index is 571. The fourth-order valence-electron chi connectivity index (χ4n) is 2.88. The standard InChI is InChI=1S/C17H21N3/c1-13(20-10-2-3-11-20)14-4-6-15(7-5-14)17-12-16(18)8-9-19-17/h4-9,12-13H,2-3,10-11H2,1H3,(H2,18,19). The summed E-state index contributed by atoms with van der Waals surface area (Å²) >= 11 is 0. The van der Waals surface area contributed by atoms with Crippen LogP contribution < -0.4 is 5.73 Å². The molecule has 0 spiro atoms. The van der Waals surface area contributed by atoms with Gasteiger partial charge in [-0.05, 0) is 50.6 Å². The third-order valence-electron chi connectivity index (χ3n) is 4.16. The summed E-state index contributed by atoms with van der Waals surface area (Å²) in [7, 11) is 0. The number of nitrogens with two attached hydrogens (primary N) is 1. The lowest BCUT2D eigenvalue weighted by Crippen LogP contribution is -2.23. The maximum Gasteiger partial charge on any atom is 0.0722 e. The molecule has 1 aliphatic rings. The molecule has 0 aliphatic carbocycles. The van der Waals surface area contributed by atoms with Crippen LogP contribution in [-0.2, 0) is 0 Å². The van der Waals surface area contributed by atoms with Gasteiger partial charge < -0.3 is 5.73 Å². The minimum atomic E-state index is 0.500. The summed E-state index contributed by atoms with van der Waals surface area (Å²) in [5.74, 6) is 0. The lowest BCUT2D eigenvalue weighted by atomic mass is 10.0. The third kappa shape index (κ3) is 2.68. The first-order valence-corrected chi connectivity index (χ1v) is 7.30. The van der Waals surface area contributed by atoms with E-state index in [0.29, 0.717) is 6.04 Å². The molecule has 1 unspecified atom stereocenters. The second-order valence-corrected chi connectivity index (χ2v) is 5.52. The van der Waals surface area contributed by atoms with Crippen molar-refractivity contribution in [3.63, 3.8) is 0 Å². The summed E-state index contributed by atoms with van der Waals surface area (Å²) in [6.07, 6.45) is 4.41. The Kier molecular flexibility index (Phi) is 3.70. The van der Waals surface area contributed by atoms with E-state index in [1.807, 2.05) is 12.1 Å². The molecule has 2 aromatic rings. The number of rotatable bonds is 3. The Balaban J connectivity index is 1.80. The van der Waals surface area contributed by atoms with E-state index in [2.05, 4.69) is 41.1 Å². The molecule has 20 heavy (non-hydrogen) atoms. The number of hydrogen-bond donors (Lipinski definition) is 1. The number of likely N-dealkylation sites (tertiary alicyclic amines) is 1. The molecular formula is C17H21N3. The number of hydrogen-bond acceptors (Lipinski definition) is 3. The highest BCUT2D eigenvalue weighted by atomic mass is 15.2. The van der Waals surface area contributed by atoms with E-state index >= 15 is 0 Å². The average Bonchev–Trinajstić information content (AvgIpc) is 3.01. The van der Waals surface area contributed by atoms with Gasteiger partial charge >= 0.3 is 0 Å². The van der Waals surface area contributed by atoms with Crippen molar-refractivity contribution in [3.05, 3.63) is 48.2 Å². The fraction of sp³-hybridized carbons (Fsp3) is 0.353. The predicted octanol–water partition coefficient (Wildman–Crippen LogP) is 3.49. The molecule has 1 aromatic heterocycles. The van der Waals surface area contributed by atoms with Crippen molar-refractivity contribution in [2.75, 3.05) is 18.8 Å². The molecular weight excluding hydrogens is 246 g/mol. The Labute approximate surface area is 120 Å². The molecule has 0 amide bonds. The lowest BCUT2D eigenvalue weighted by molar-refractivity contribution is 0.263. The zero-order valence-electron chi connectivity index (χ0n) is 11.9. The topological polar surface area (TPSA) is 42.1 Å². The minimum Gasteiger partial charge on any atom is -0.399 e. The number of nitrogens with zero attached hydrogens (tertiary/aromatic N) is 2. The fourth-order valence-corrected chi connectivity index (χ4v) is 2.88. The van der Waals surface area contributed by atoms with Crippen molar-refractivity contribution < 1.29 is 0 Å². The van der Waals surface area contributed by atoms with Crippen LogP contribution in [0.25, 0.3) is 11.3 Å². The Morgan fingerprint density at radius 3 is 2.45 bits per heavy atom. The van der Waals surface area contributed by atoms with Crippen LogP contribution in [0.1, 0.15) is 31.4 Å². The van der Waals surface area contributed by atoms with Gasteiger partial charge in [0.25, 0.3) is 0 Å². The van der Waals surface area contributed by atoms with Crippen LogP contribution in [0.15, 0.2) is 42.6 Å². The van der Waals surface area contributed by atoms with Crippen molar-refractivity contribution in [2.45, 2.75) is 25.8 Å². The second-order valence-electron chi connectivity index (χ2n) is 5.52. The van der Waals surface area contributed by atoms with Crippen LogP contribution in [0.3, 0.4) is 0 Å². The van der Waals surface area contributed by atoms with Gasteiger partial charge in [-0.25, -0.2) is 0 Å². The van der Waals surface area contributed by atoms with Gasteiger partial charge in [-0.15, -0.1) is 0 Å². The van der Waals surface area contributed by atoms with E-state index in [4.69, 9.17) is 5.73 Å². The molecule has 3 heteroatoms. The minimum absolute atomic E-state index is 0.500. The number of aromatic nitrogens is 1. The van der Waals surface area contributed by atoms with Gasteiger partial charge in [-0.2, -0.15) is 0 Å². The van der Waals surface area contributed by atoms with Gasteiger partial charge in [0.05, 0.1) is 5.69 Å². The summed E-state index contributed by atoms with van der Waals surface area (Å²) in [5, 5.41) is 0. The zero-order chi connectivity index (χ0) is 13.9. The van der Waals surface area contributed by atoms with Gasteiger partial charge in [0, 0.05) is 23.5 Å². The Hall–Kier alpha value is -1.87. The first kappa shape index (κ1) is 13.1. The van der Waals surface area contributed by atoms with Crippen LogP contribution in [0.5, 0.6) is 0 Å². The summed E-state index contributed by atoms with van der Waals surface area (Å²) < 4.78 is 0. The van der Waals surface area contributed by atoms with Gasteiger partial charge in [-0.1, -0.05) is 24.3 Å². The van der Waals surface area contributed by atoms with Crippen molar-refractivity contribution >= 4 is 5.69 Å². The largest absolute Gasteiger partial charge is 0.399 e. The highest BCUT2D eigenvalue weighted by Gasteiger charge is 2.19. The van der Waals surface area contributed by atoms with Crippen LogP contribution in [0.4, 0.5) is 5.69 Å². The summed E-state index contributed by atoms with van der Waals surface area (Å²) in [6.45, 7) is 4.73.